The SMILES string of the molecule is CC(C)(C)OC(=O)NCC(C)(C)n1nc(Br)cc1CO. The molecule has 0 aliphatic carbocycles. The highest BCUT2D eigenvalue weighted by Gasteiger charge is 2.26. The number of carbonyl (C=O) groups excluding carboxylic acids is 1. The fourth-order valence-electron chi connectivity index (χ4n) is 1.70. The number of hydrogen-bond donors (Lipinski definition) is 2. The maximum absolute atomic E-state index is 11.7. The third-order valence-electron chi connectivity index (χ3n) is 2.55. The standard InChI is InChI=1S/C13H22BrN3O3/c1-12(2,3)20-11(19)15-8-13(4,5)17-9(7-18)6-10(14)16-17/h6,18H,7-8H2,1-5H3,(H,15,19). The number of rotatable bonds is 4. The molecule has 7 heteroatoms. The number of nitrogens with zero attached hydrogens (tertiary/aromatic N) is 2. The number of ether oxygens (including phenoxy) is 1. The van der Waals surface area contributed by atoms with E-state index in [0.29, 0.717) is 16.8 Å². The van der Waals surface area contributed by atoms with Crippen molar-refractivity contribution in [1.82, 2.24) is 15.1 Å². The van der Waals surface area contributed by atoms with Crippen molar-refractivity contribution in [2.75, 3.05) is 6.54 Å². The Balaban J connectivity index is 2.72. The Kier molecular flexibility index (Phi) is 5.21. The van der Waals surface area contributed by atoms with Crippen molar-refractivity contribution in [3.8, 4) is 0 Å². The zero-order valence-electron chi connectivity index (χ0n) is 12.5. The van der Waals surface area contributed by atoms with Crippen molar-refractivity contribution in [2.45, 2.75) is 52.4 Å². The van der Waals surface area contributed by atoms with E-state index in [1.54, 1.807) is 10.7 Å². The quantitative estimate of drug-likeness (QED) is 0.876. The summed E-state index contributed by atoms with van der Waals surface area (Å²) in [6.07, 6.45) is -0.470. The van der Waals surface area contributed by atoms with Crippen LogP contribution in [0.3, 0.4) is 0 Å². The molecule has 0 saturated heterocycles. The van der Waals surface area contributed by atoms with E-state index in [4.69, 9.17) is 4.74 Å². The third kappa shape index (κ3) is 4.79. The number of halogens is 1. The highest BCUT2D eigenvalue weighted by atomic mass is 79.9. The zero-order valence-corrected chi connectivity index (χ0v) is 14.1. The fourth-order valence-corrected chi connectivity index (χ4v) is 2.12. The molecule has 6 nitrogen and oxygen atoms in total. The van der Waals surface area contributed by atoms with Gasteiger partial charge in [-0.2, -0.15) is 5.10 Å². The van der Waals surface area contributed by atoms with E-state index in [1.807, 2.05) is 34.6 Å². The summed E-state index contributed by atoms with van der Waals surface area (Å²) in [7, 11) is 0. The van der Waals surface area contributed by atoms with E-state index in [0.717, 1.165) is 0 Å². The second-order valence-corrected chi connectivity index (χ2v) is 7.01. The molecule has 0 aromatic carbocycles. The first-order valence-electron chi connectivity index (χ1n) is 6.38. The van der Waals surface area contributed by atoms with Crippen molar-refractivity contribution in [1.29, 1.82) is 0 Å². The minimum atomic E-state index is -0.529. The summed E-state index contributed by atoms with van der Waals surface area (Å²) in [5.41, 5.74) is -0.340. The molecule has 1 heterocycles. The molecule has 1 aromatic rings. The van der Waals surface area contributed by atoms with Gasteiger partial charge in [-0.25, -0.2) is 4.79 Å². The van der Waals surface area contributed by atoms with Gasteiger partial charge in [0.05, 0.1) is 17.8 Å². The molecule has 1 aromatic heterocycles. The Morgan fingerprint density at radius 1 is 1.45 bits per heavy atom. The third-order valence-corrected chi connectivity index (χ3v) is 2.94. The predicted molar refractivity (Wildman–Crippen MR) is 79.4 cm³/mol. The van der Waals surface area contributed by atoms with Crippen LogP contribution in [-0.2, 0) is 16.9 Å². The molecular formula is C13H22BrN3O3. The first-order valence-corrected chi connectivity index (χ1v) is 7.17. The van der Waals surface area contributed by atoms with Crippen LogP contribution in [0.1, 0.15) is 40.3 Å². The number of nitrogens with one attached hydrogen (secondary N) is 1. The van der Waals surface area contributed by atoms with Crippen molar-refractivity contribution < 1.29 is 14.6 Å². The average molecular weight is 348 g/mol. The van der Waals surface area contributed by atoms with Crippen LogP contribution in [0.15, 0.2) is 10.7 Å². The lowest BCUT2D eigenvalue weighted by Gasteiger charge is -2.28. The summed E-state index contributed by atoms with van der Waals surface area (Å²) in [5.74, 6) is 0. The lowest BCUT2D eigenvalue weighted by Crippen LogP contribution is -2.43. The molecular weight excluding hydrogens is 326 g/mol. The number of hydrogen-bond acceptors (Lipinski definition) is 4. The predicted octanol–water partition coefficient (Wildman–Crippen LogP) is 2.40. The Hall–Kier alpha value is -1.08. The topological polar surface area (TPSA) is 76.4 Å². The molecule has 1 rings (SSSR count). The molecule has 0 aliphatic rings. The van der Waals surface area contributed by atoms with Gasteiger partial charge >= 0.3 is 6.09 Å². The zero-order chi connectivity index (χ0) is 15.6. The van der Waals surface area contributed by atoms with Crippen LogP contribution in [0.5, 0.6) is 0 Å². The second kappa shape index (κ2) is 6.13. The van der Waals surface area contributed by atoms with Gasteiger partial charge in [-0.15, -0.1) is 0 Å². The van der Waals surface area contributed by atoms with Gasteiger partial charge in [0.2, 0.25) is 0 Å². The monoisotopic (exact) mass is 347 g/mol. The number of aromatic nitrogens is 2. The summed E-state index contributed by atoms with van der Waals surface area (Å²) in [4.78, 5) is 11.7. The van der Waals surface area contributed by atoms with Gasteiger partial charge in [0.25, 0.3) is 0 Å². The van der Waals surface area contributed by atoms with Gasteiger partial charge in [-0.05, 0) is 56.6 Å². The molecule has 0 atom stereocenters. The number of aliphatic hydroxyl groups is 1. The molecule has 0 spiro atoms. The van der Waals surface area contributed by atoms with E-state index in [-0.39, 0.29) is 6.61 Å². The van der Waals surface area contributed by atoms with E-state index >= 15 is 0 Å². The number of alkyl carbamates (subject to hydrolysis) is 1. The summed E-state index contributed by atoms with van der Waals surface area (Å²) in [6, 6.07) is 1.75. The minimum absolute atomic E-state index is 0.117. The molecule has 0 fully saturated rings. The smallest absolute Gasteiger partial charge is 0.407 e. The number of amides is 1. The van der Waals surface area contributed by atoms with Crippen LogP contribution in [0.25, 0.3) is 0 Å². The Labute approximate surface area is 127 Å². The number of aliphatic hydroxyl groups excluding tert-OH is 1. The van der Waals surface area contributed by atoms with Gasteiger partial charge in [0.15, 0.2) is 0 Å². The first-order chi connectivity index (χ1) is 9.05. The molecule has 2 N–H and O–H groups in total. The molecule has 20 heavy (non-hydrogen) atoms. The largest absolute Gasteiger partial charge is 0.444 e. The van der Waals surface area contributed by atoms with Crippen molar-refractivity contribution in [3.05, 3.63) is 16.4 Å². The van der Waals surface area contributed by atoms with Crippen LogP contribution in [0.4, 0.5) is 4.79 Å². The molecule has 0 radical (unpaired) electrons. The van der Waals surface area contributed by atoms with E-state index < -0.39 is 17.2 Å². The van der Waals surface area contributed by atoms with Crippen molar-refractivity contribution >= 4 is 22.0 Å². The lowest BCUT2D eigenvalue weighted by atomic mass is 10.1. The fraction of sp³-hybridized carbons (Fsp3) is 0.692. The molecule has 0 unspecified atom stereocenters. The minimum Gasteiger partial charge on any atom is -0.444 e. The lowest BCUT2D eigenvalue weighted by molar-refractivity contribution is 0.0505. The summed E-state index contributed by atoms with van der Waals surface area (Å²) < 4.78 is 7.53. The summed E-state index contributed by atoms with van der Waals surface area (Å²) in [6.45, 7) is 9.49. The van der Waals surface area contributed by atoms with Crippen LogP contribution in [-0.4, -0.2) is 33.1 Å². The van der Waals surface area contributed by atoms with Gasteiger partial charge in [-0.3, -0.25) is 4.68 Å². The van der Waals surface area contributed by atoms with E-state index in [2.05, 4.69) is 26.3 Å². The highest BCUT2D eigenvalue weighted by Crippen LogP contribution is 2.20. The van der Waals surface area contributed by atoms with Crippen molar-refractivity contribution in [2.24, 2.45) is 0 Å². The van der Waals surface area contributed by atoms with Crippen LogP contribution < -0.4 is 5.32 Å². The molecule has 0 aliphatic heterocycles. The Morgan fingerprint density at radius 3 is 2.55 bits per heavy atom. The van der Waals surface area contributed by atoms with Gasteiger partial charge in [0, 0.05) is 6.54 Å². The van der Waals surface area contributed by atoms with Crippen LogP contribution in [0.2, 0.25) is 0 Å². The van der Waals surface area contributed by atoms with E-state index in [9.17, 15) is 9.90 Å². The summed E-state index contributed by atoms with van der Waals surface area (Å²) in [5, 5.41) is 16.3. The second-order valence-electron chi connectivity index (χ2n) is 6.20. The van der Waals surface area contributed by atoms with Gasteiger partial charge < -0.3 is 15.2 Å². The Bertz CT molecular complexity index is 478. The number of carbonyl (C=O) groups is 1. The maximum atomic E-state index is 11.7. The molecule has 114 valence electrons. The molecule has 1 amide bonds. The molecule has 0 bridgehead atoms. The average Bonchev–Trinajstić information content (AvgIpc) is 2.67. The molecule has 0 saturated carbocycles. The van der Waals surface area contributed by atoms with Crippen LogP contribution >= 0.6 is 15.9 Å². The Morgan fingerprint density at radius 2 is 2.05 bits per heavy atom. The van der Waals surface area contributed by atoms with Gasteiger partial charge in [-0.1, -0.05) is 0 Å². The normalized spacial score (nSPS) is 12.3. The van der Waals surface area contributed by atoms with Gasteiger partial charge in [0.1, 0.15) is 10.2 Å². The maximum Gasteiger partial charge on any atom is 0.407 e. The van der Waals surface area contributed by atoms with Crippen LogP contribution in [0, 0.1) is 0 Å². The highest BCUT2D eigenvalue weighted by molar-refractivity contribution is 9.10. The van der Waals surface area contributed by atoms with E-state index in [1.165, 1.54) is 0 Å². The van der Waals surface area contributed by atoms with Crippen molar-refractivity contribution in [3.63, 3.8) is 0 Å². The first kappa shape index (κ1) is 17.0. The summed E-state index contributed by atoms with van der Waals surface area (Å²) >= 11 is 3.28.